The maximum atomic E-state index is 8.98. The molecular weight excluding hydrogens is 378 g/mol. The maximum Gasteiger partial charge on any atom is 0.327 e. The van der Waals surface area contributed by atoms with Crippen molar-refractivity contribution >= 4 is 47.4 Å². The second-order valence-corrected chi connectivity index (χ2v) is 7.37. The van der Waals surface area contributed by atoms with Crippen molar-refractivity contribution in [2.24, 2.45) is 15.9 Å². The smallest absolute Gasteiger partial charge is 0.327 e. The summed E-state index contributed by atoms with van der Waals surface area (Å²) in [5, 5.41) is -0.00600. The zero-order chi connectivity index (χ0) is 17.1. The maximum absolute atomic E-state index is 8.98. The largest absolute Gasteiger partial charge is 0.484 e. The van der Waals surface area contributed by atoms with Gasteiger partial charge in [-0.1, -0.05) is 41.6 Å². The molecule has 0 saturated heterocycles. The summed E-state index contributed by atoms with van der Waals surface area (Å²) in [6.45, 7) is 2.28. The van der Waals surface area contributed by atoms with Crippen molar-refractivity contribution < 1.29 is 19.0 Å². The predicted octanol–water partition coefficient (Wildman–Crippen LogP) is 3.16. The molecule has 2 N–H and O–H groups in total. The summed E-state index contributed by atoms with van der Waals surface area (Å²) >= 11 is 1.69. The Bertz CT molecular complexity index is 692. The first-order valence-corrected chi connectivity index (χ1v) is 9.55. The Morgan fingerprint density at radius 3 is 2.60 bits per heavy atom. The van der Waals surface area contributed by atoms with Crippen molar-refractivity contribution in [3.05, 3.63) is 41.0 Å². The Morgan fingerprint density at radius 2 is 1.96 bits per heavy atom. The molecule has 0 spiro atoms. The van der Waals surface area contributed by atoms with E-state index < -0.39 is 8.60 Å². The summed E-state index contributed by atoms with van der Waals surface area (Å²) < 4.78 is 10.4. The van der Waals surface area contributed by atoms with Crippen LogP contribution in [-0.2, 0) is 9.26 Å². The predicted molar refractivity (Wildman–Crippen MR) is 109 cm³/mol. The number of aliphatic imine (C=N–C) groups is 2. The molecule has 0 amide bonds. The summed E-state index contributed by atoms with van der Waals surface area (Å²) in [5.41, 5.74) is 3.44. The highest BCUT2D eigenvalue weighted by Gasteiger charge is 2.41. The van der Waals surface area contributed by atoms with E-state index in [-0.39, 0.29) is 27.8 Å². The van der Waals surface area contributed by atoms with Crippen molar-refractivity contribution in [3.63, 3.8) is 0 Å². The number of rotatable bonds is 5. The van der Waals surface area contributed by atoms with Crippen LogP contribution in [0.25, 0.3) is 4.91 Å². The fourth-order valence-corrected chi connectivity index (χ4v) is 4.53. The van der Waals surface area contributed by atoms with E-state index >= 15 is 0 Å². The molecule has 0 bridgehead atoms. The van der Waals surface area contributed by atoms with Crippen LogP contribution in [0.1, 0.15) is 17.5 Å². The van der Waals surface area contributed by atoms with E-state index in [1.807, 2.05) is 0 Å². The minimum Gasteiger partial charge on any atom is -0.484 e. The second-order valence-electron chi connectivity index (χ2n) is 5.48. The molecule has 3 rings (SSSR count). The minimum absolute atomic E-state index is 0. The first-order chi connectivity index (χ1) is 11.6. The quantitative estimate of drug-likeness (QED) is 0.742. The van der Waals surface area contributed by atoms with Gasteiger partial charge in [-0.15, -0.1) is 0 Å². The number of nitrogens with zero attached hydrogens (tertiary/aromatic N) is 2. The van der Waals surface area contributed by atoms with E-state index in [0.717, 1.165) is 16.0 Å². The summed E-state index contributed by atoms with van der Waals surface area (Å²) in [7, 11) is -0.738. The third kappa shape index (κ3) is 4.68. The van der Waals surface area contributed by atoms with Gasteiger partial charge in [0.1, 0.15) is 11.7 Å². The van der Waals surface area contributed by atoms with Gasteiger partial charge in [-0.2, -0.15) is 9.90 Å². The van der Waals surface area contributed by atoms with Crippen LogP contribution in [-0.4, -0.2) is 41.1 Å². The highest BCUT2D eigenvalue weighted by Crippen LogP contribution is 2.50. The molecule has 3 unspecified atom stereocenters. The summed E-state index contributed by atoms with van der Waals surface area (Å²) in [6, 6.07) is 8.34. The Kier molecular flexibility index (Phi) is 7.56. The number of aryl methyl sites for hydroxylation is 1. The first kappa shape index (κ1) is 20.5. The van der Waals surface area contributed by atoms with Gasteiger partial charge in [0.05, 0.1) is 19.6 Å². The lowest BCUT2D eigenvalue weighted by Crippen LogP contribution is -2.28. The molecule has 2 aliphatic heterocycles. The molecule has 3 atom stereocenters. The van der Waals surface area contributed by atoms with Crippen LogP contribution in [0.15, 0.2) is 39.8 Å². The van der Waals surface area contributed by atoms with Crippen LogP contribution in [0.2, 0.25) is 0 Å². The number of hydrogen-bond donors (Lipinski definition) is 2. The average molecular weight is 400 g/mol. The third-order valence-electron chi connectivity index (χ3n) is 3.96. The van der Waals surface area contributed by atoms with Crippen molar-refractivity contribution in [1.82, 2.24) is 0 Å². The van der Waals surface area contributed by atoms with Crippen molar-refractivity contribution in [1.29, 1.82) is 0 Å². The Hall–Kier alpha value is -0.810. The van der Waals surface area contributed by atoms with E-state index in [2.05, 4.69) is 41.2 Å². The molecule has 1 aromatic carbocycles. The van der Waals surface area contributed by atoms with Crippen LogP contribution >= 0.6 is 30.3 Å². The van der Waals surface area contributed by atoms with E-state index in [9.17, 15) is 0 Å². The van der Waals surface area contributed by atoms with E-state index in [4.69, 9.17) is 19.0 Å². The molecule has 0 aromatic heterocycles. The van der Waals surface area contributed by atoms with Gasteiger partial charge < -0.3 is 19.0 Å². The number of thioether (sulfide) groups is 1. The number of hydrogen-bond acceptors (Lipinski definition) is 7. The number of fused-ring (bicyclic) bond motifs is 1. The third-order valence-corrected chi connectivity index (χ3v) is 5.74. The zero-order valence-corrected chi connectivity index (χ0v) is 17.2. The number of ether oxygens (including phenoxy) is 1. The Balaban J connectivity index is 0.00000225. The van der Waals surface area contributed by atoms with Crippen LogP contribution in [0.3, 0.4) is 0 Å². The van der Waals surface area contributed by atoms with Crippen LogP contribution in [0, 0.1) is 12.8 Å². The van der Waals surface area contributed by atoms with Gasteiger partial charge >= 0.3 is 8.60 Å². The molecule has 0 radical (unpaired) electrons. The highest BCUT2D eigenvalue weighted by atomic mass is 32.2. The molecule has 2 aliphatic rings. The molecule has 1 aromatic rings. The van der Waals surface area contributed by atoms with Crippen LogP contribution in [0.5, 0.6) is 0 Å². The molecule has 136 valence electrons. The monoisotopic (exact) mass is 400 g/mol. The van der Waals surface area contributed by atoms with Gasteiger partial charge in [0.15, 0.2) is 5.90 Å². The van der Waals surface area contributed by atoms with Gasteiger partial charge in [0.2, 0.25) is 0 Å². The molecule has 25 heavy (non-hydrogen) atoms. The van der Waals surface area contributed by atoms with E-state index in [1.54, 1.807) is 25.2 Å². The molecule has 0 fully saturated rings. The Morgan fingerprint density at radius 1 is 1.24 bits per heavy atom. The lowest BCUT2D eigenvalue weighted by atomic mass is 9.93. The zero-order valence-electron chi connectivity index (χ0n) is 14.1. The van der Waals surface area contributed by atoms with E-state index in [1.165, 1.54) is 5.56 Å². The van der Waals surface area contributed by atoms with Crippen LogP contribution < -0.4 is 0 Å². The minimum atomic E-state index is -2.35. The standard InChI is InChI=1S/C16H19N2O4PS.H3P/c1-10-3-5-11(6-4-10)14-12(7-8-22-23(19)20)13-15(21-2)17-9-18-16(13)24-14;/h3-6,9,13,16,19-20H,7-8H2,1-2H3;1H3. The molecular formula is C16H22N2O4P2S. The lowest BCUT2D eigenvalue weighted by Gasteiger charge is -2.22. The Labute approximate surface area is 156 Å². The summed E-state index contributed by atoms with van der Waals surface area (Å²) in [6.07, 6.45) is 2.11. The molecule has 0 saturated carbocycles. The van der Waals surface area contributed by atoms with Gasteiger partial charge in [0.25, 0.3) is 0 Å². The fourth-order valence-electron chi connectivity index (χ4n) is 2.85. The van der Waals surface area contributed by atoms with Crippen molar-refractivity contribution in [3.8, 4) is 0 Å². The van der Waals surface area contributed by atoms with Crippen LogP contribution in [0.4, 0.5) is 0 Å². The topological polar surface area (TPSA) is 83.6 Å². The molecule has 2 heterocycles. The van der Waals surface area contributed by atoms with Gasteiger partial charge in [-0.25, -0.2) is 4.99 Å². The van der Waals surface area contributed by atoms with Gasteiger partial charge in [0, 0.05) is 4.91 Å². The van der Waals surface area contributed by atoms with Crippen molar-refractivity contribution in [2.45, 2.75) is 18.7 Å². The molecule has 0 aliphatic carbocycles. The van der Waals surface area contributed by atoms with E-state index in [0.29, 0.717) is 12.3 Å². The van der Waals surface area contributed by atoms with Gasteiger partial charge in [-0.05, 0) is 24.5 Å². The fraction of sp³-hybridized carbons (Fsp3) is 0.375. The second kappa shape index (κ2) is 9.22. The molecule has 6 nitrogen and oxygen atoms in total. The molecule has 9 heteroatoms. The highest BCUT2D eigenvalue weighted by molar-refractivity contribution is 8.09. The number of methoxy groups -OCH3 is 1. The summed E-state index contributed by atoms with van der Waals surface area (Å²) in [4.78, 5) is 27.8. The normalized spacial score (nSPS) is 21.9. The average Bonchev–Trinajstić information content (AvgIpc) is 2.94. The number of benzene rings is 1. The lowest BCUT2D eigenvalue weighted by molar-refractivity contribution is 0.256. The summed E-state index contributed by atoms with van der Waals surface area (Å²) in [5.74, 6) is 0.586. The van der Waals surface area contributed by atoms with Gasteiger partial charge in [-0.3, -0.25) is 4.99 Å². The SMILES string of the molecule is COC1=NC=NC2SC(c3ccc(C)cc3)=C(CCOP(O)O)C12.P. The van der Waals surface area contributed by atoms with Crippen molar-refractivity contribution in [2.75, 3.05) is 13.7 Å². The first-order valence-electron chi connectivity index (χ1n) is 7.51.